The Labute approximate surface area is 95.3 Å². The van der Waals surface area contributed by atoms with Gasteiger partial charge in [-0.1, -0.05) is 0 Å². The van der Waals surface area contributed by atoms with Gasteiger partial charge in [0, 0.05) is 0 Å². The molecule has 0 atom stereocenters. The molecule has 0 unspecified atom stereocenters. The van der Waals surface area contributed by atoms with Crippen molar-refractivity contribution in [3.63, 3.8) is 0 Å². The minimum absolute atomic E-state index is 0.0241. The summed E-state index contributed by atoms with van der Waals surface area (Å²) in [6.07, 6.45) is -2.39. The third-order valence-electron chi connectivity index (χ3n) is 1.90. The molecule has 1 heterocycles. The fourth-order valence-corrected chi connectivity index (χ4v) is 1.20. The Morgan fingerprint density at radius 2 is 2.35 bits per heavy atom. The molecule has 1 N–H and O–H groups in total. The Bertz CT molecular complexity index is 483. The molecule has 1 aromatic rings. The number of nitrogens with zero attached hydrogens (tertiary/aromatic N) is 2. The fraction of sp³-hybridized carbons (Fsp3) is 0.300. The summed E-state index contributed by atoms with van der Waals surface area (Å²) in [5, 5.41) is 17.9. The quantitative estimate of drug-likeness (QED) is 0.816. The molecule has 0 fully saturated rings. The molecule has 0 bridgehead atoms. The molecule has 90 valence electrons. The highest BCUT2D eigenvalue weighted by Crippen LogP contribution is 2.31. The summed E-state index contributed by atoms with van der Waals surface area (Å²) in [6, 6.07) is 1.42. The van der Waals surface area contributed by atoms with Gasteiger partial charge in [0.15, 0.2) is 5.69 Å². The van der Waals surface area contributed by atoms with Gasteiger partial charge in [0.25, 0.3) is 6.43 Å². The average Bonchev–Trinajstić information content (AvgIpc) is 2.27. The molecule has 0 radical (unpaired) electrons. The predicted octanol–water partition coefficient (Wildman–Crippen LogP) is 1.77. The number of alkyl halides is 2. The first kappa shape index (κ1) is 12.8. The number of carbonyl (C=O) groups excluding carboxylic acids is 1. The molecule has 0 saturated heterocycles. The van der Waals surface area contributed by atoms with Gasteiger partial charge in [-0.25, -0.2) is 18.6 Å². The van der Waals surface area contributed by atoms with Gasteiger partial charge in [0.05, 0.1) is 23.9 Å². The van der Waals surface area contributed by atoms with Crippen molar-refractivity contribution in [1.82, 2.24) is 4.98 Å². The number of aromatic nitrogens is 1. The molecular formula is C10H8F2N2O3. The highest BCUT2D eigenvalue weighted by molar-refractivity contribution is 5.90. The van der Waals surface area contributed by atoms with Gasteiger partial charge >= 0.3 is 5.97 Å². The Balaban J connectivity index is 3.39. The zero-order chi connectivity index (χ0) is 13.0. The lowest BCUT2D eigenvalue weighted by Crippen LogP contribution is -2.11. The van der Waals surface area contributed by atoms with Crippen molar-refractivity contribution in [2.75, 3.05) is 6.61 Å². The van der Waals surface area contributed by atoms with Crippen molar-refractivity contribution in [3.05, 3.63) is 23.0 Å². The molecule has 0 aliphatic rings. The van der Waals surface area contributed by atoms with E-state index >= 15 is 0 Å². The summed E-state index contributed by atoms with van der Waals surface area (Å²) in [6.45, 7) is 1.55. The molecule has 1 rings (SSSR count). The molecule has 0 aromatic carbocycles. The van der Waals surface area contributed by atoms with E-state index < -0.39 is 35.0 Å². The average molecular weight is 242 g/mol. The van der Waals surface area contributed by atoms with Crippen LogP contribution < -0.4 is 0 Å². The number of esters is 1. The van der Waals surface area contributed by atoms with Crippen molar-refractivity contribution in [2.24, 2.45) is 0 Å². The molecule has 0 saturated carbocycles. The number of rotatable bonds is 3. The predicted molar refractivity (Wildman–Crippen MR) is 51.5 cm³/mol. The van der Waals surface area contributed by atoms with E-state index in [0.29, 0.717) is 6.20 Å². The van der Waals surface area contributed by atoms with Gasteiger partial charge in [-0.05, 0) is 6.92 Å². The van der Waals surface area contributed by atoms with Crippen LogP contribution in [0.5, 0.6) is 5.75 Å². The monoisotopic (exact) mass is 242 g/mol. The van der Waals surface area contributed by atoms with Crippen LogP contribution in [-0.4, -0.2) is 22.7 Å². The number of hydrogen-bond donors (Lipinski definition) is 1. The lowest BCUT2D eigenvalue weighted by atomic mass is 10.1. The van der Waals surface area contributed by atoms with E-state index in [1.165, 1.54) is 13.0 Å². The van der Waals surface area contributed by atoms with Gasteiger partial charge in [0.1, 0.15) is 11.8 Å². The number of aromatic hydroxyl groups is 1. The van der Waals surface area contributed by atoms with Crippen LogP contribution in [0.3, 0.4) is 0 Å². The van der Waals surface area contributed by atoms with E-state index in [2.05, 4.69) is 9.72 Å². The van der Waals surface area contributed by atoms with Gasteiger partial charge in [0.2, 0.25) is 0 Å². The molecule has 0 spiro atoms. The number of hydrogen-bond acceptors (Lipinski definition) is 5. The van der Waals surface area contributed by atoms with Crippen LogP contribution in [0, 0.1) is 11.3 Å². The molecule has 1 aromatic heterocycles. The van der Waals surface area contributed by atoms with Crippen LogP contribution >= 0.6 is 0 Å². The molecule has 17 heavy (non-hydrogen) atoms. The lowest BCUT2D eigenvalue weighted by Gasteiger charge is -2.08. The summed E-state index contributed by atoms with van der Waals surface area (Å²) in [5.74, 6) is -1.81. The van der Waals surface area contributed by atoms with Gasteiger partial charge < -0.3 is 9.84 Å². The zero-order valence-electron chi connectivity index (χ0n) is 8.78. The van der Waals surface area contributed by atoms with E-state index in [9.17, 15) is 18.7 Å². The van der Waals surface area contributed by atoms with Gasteiger partial charge in [-0.15, -0.1) is 0 Å². The fourth-order valence-electron chi connectivity index (χ4n) is 1.20. The third-order valence-corrected chi connectivity index (χ3v) is 1.90. The van der Waals surface area contributed by atoms with Gasteiger partial charge in [-0.3, -0.25) is 0 Å². The molecule has 0 aliphatic carbocycles. The second kappa shape index (κ2) is 5.21. The Hall–Kier alpha value is -2.23. The molecular weight excluding hydrogens is 234 g/mol. The topological polar surface area (TPSA) is 83.2 Å². The first-order valence-electron chi connectivity index (χ1n) is 4.60. The van der Waals surface area contributed by atoms with Crippen LogP contribution in [-0.2, 0) is 4.74 Å². The zero-order valence-corrected chi connectivity index (χ0v) is 8.78. The molecule has 0 amide bonds. The minimum atomic E-state index is -3.08. The first-order valence-corrected chi connectivity index (χ1v) is 4.60. The van der Waals surface area contributed by atoms with Crippen LogP contribution in [0.25, 0.3) is 0 Å². The van der Waals surface area contributed by atoms with E-state index in [0.717, 1.165) is 0 Å². The molecule has 5 nitrogen and oxygen atoms in total. The smallest absolute Gasteiger partial charge is 0.358 e. The summed E-state index contributed by atoms with van der Waals surface area (Å²) in [5.41, 5.74) is -2.11. The van der Waals surface area contributed by atoms with Crippen LogP contribution in [0.15, 0.2) is 6.20 Å². The van der Waals surface area contributed by atoms with E-state index in [4.69, 9.17) is 5.26 Å². The van der Waals surface area contributed by atoms with Crippen molar-refractivity contribution in [3.8, 4) is 11.8 Å². The second-order valence-electron chi connectivity index (χ2n) is 2.91. The maximum atomic E-state index is 12.6. The highest BCUT2D eigenvalue weighted by atomic mass is 19.3. The van der Waals surface area contributed by atoms with Crippen molar-refractivity contribution >= 4 is 5.97 Å². The van der Waals surface area contributed by atoms with Crippen molar-refractivity contribution in [1.29, 1.82) is 5.26 Å². The summed E-state index contributed by atoms with van der Waals surface area (Å²) in [4.78, 5) is 14.8. The van der Waals surface area contributed by atoms with E-state index in [1.54, 1.807) is 0 Å². The molecule has 0 aliphatic heterocycles. The number of pyridine rings is 1. The third kappa shape index (κ3) is 2.47. The standard InChI is InChI=1S/C10H8F2N2O3/c1-2-17-10(16)8-5(3-13)7(9(11)12)6(15)4-14-8/h4,9,15H,2H2,1H3. The largest absolute Gasteiger partial charge is 0.506 e. The number of nitriles is 1. The first-order chi connectivity index (χ1) is 8.02. The Morgan fingerprint density at radius 1 is 1.71 bits per heavy atom. The maximum absolute atomic E-state index is 12.6. The number of halogens is 2. The summed E-state index contributed by atoms with van der Waals surface area (Å²) >= 11 is 0. The minimum Gasteiger partial charge on any atom is -0.506 e. The number of ether oxygens (including phenoxy) is 1. The van der Waals surface area contributed by atoms with Crippen molar-refractivity contribution in [2.45, 2.75) is 13.3 Å². The summed E-state index contributed by atoms with van der Waals surface area (Å²) in [7, 11) is 0. The Kier molecular flexibility index (Phi) is 3.93. The van der Waals surface area contributed by atoms with Crippen molar-refractivity contribution < 1.29 is 23.4 Å². The summed E-state index contributed by atoms with van der Waals surface area (Å²) < 4.78 is 29.8. The van der Waals surface area contributed by atoms with Crippen LogP contribution in [0.4, 0.5) is 8.78 Å². The number of carbonyl (C=O) groups is 1. The lowest BCUT2D eigenvalue weighted by molar-refractivity contribution is 0.0518. The van der Waals surface area contributed by atoms with Gasteiger partial charge in [-0.2, -0.15) is 5.26 Å². The normalized spacial score (nSPS) is 10.1. The highest BCUT2D eigenvalue weighted by Gasteiger charge is 2.25. The van der Waals surface area contributed by atoms with E-state index in [-0.39, 0.29) is 6.61 Å². The van der Waals surface area contributed by atoms with Crippen LogP contribution in [0.2, 0.25) is 0 Å². The molecule has 7 heteroatoms. The maximum Gasteiger partial charge on any atom is 0.358 e. The Morgan fingerprint density at radius 3 is 2.82 bits per heavy atom. The van der Waals surface area contributed by atoms with Crippen LogP contribution in [0.1, 0.15) is 35.0 Å². The van der Waals surface area contributed by atoms with E-state index in [1.807, 2.05) is 0 Å². The second-order valence-corrected chi connectivity index (χ2v) is 2.91. The SMILES string of the molecule is CCOC(=O)c1ncc(O)c(C(F)F)c1C#N.